The van der Waals surface area contributed by atoms with Crippen molar-refractivity contribution in [1.29, 1.82) is 0 Å². The summed E-state index contributed by atoms with van der Waals surface area (Å²) in [5.41, 5.74) is 0. The first-order valence-electron chi connectivity index (χ1n) is 8.98. The van der Waals surface area contributed by atoms with Crippen LogP contribution < -0.4 is 18.3 Å². The van der Waals surface area contributed by atoms with Crippen LogP contribution in [-0.4, -0.2) is 18.3 Å². The molecule has 27 heavy (non-hydrogen) atoms. The summed E-state index contributed by atoms with van der Waals surface area (Å²) in [6, 6.07) is 0. The number of aryl methyl sites for hydroxylation is 4. The molecular formula is C19H24N8. The Bertz CT molecular complexity index is 922. The zero-order valence-corrected chi connectivity index (χ0v) is 15.7. The van der Waals surface area contributed by atoms with E-state index in [1.165, 1.54) is 0 Å². The Morgan fingerprint density at radius 2 is 1.04 bits per heavy atom. The maximum atomic E-state index is 3.35. The lowest BCUT2D eigenvalue weighted by molar-refractivity contribution is -0.736. The third kappa shape index (κ3) is 4.52. The van der Waals surface area contributed by atoms with Crippen LogP contribution in [0.5, 0.6) is 0 Å². The highest BCUT2D eigenvalue weighted by molar-refractivity contribution is 4.66. The van der Waals surface area contributed by atoms with E-state index < -0.39 is 0 Å². The number of imidazole rings is 4. The molecule has 0 unspecified atom stereocenters. The minimum absolute atomic E-state index is 0.716. The summed E-state index contributed by atoms with van der Waals surface area (Å²) >= 11 is 0. The van der Waals surface area contributed by atoms with Crippen LogP contribution >= 0.6 is 0 Å². The lowest BCUT2D eigenvalue weighted by Crippen LogP contribution is -2.40. The Morgan fingerprint density at radius 1 is 0.593 bits per heavy atom. The van der Waals surface area contributed by atoms with Crippen molar-refractivity contribution in [3.8, 4) is 0 Å². The van der Waals surface area contributed by atoms with E-state index in [1.807, 2.05) is 78.7 Å². The lowest BCUT2D eigenvalue weighted by atomic mass is 10.4. The lowest BCUT2D eigenvalue weighted by Gasteiger charge is -2.03. The van der Waals surface area contributed by atoms with Crippen LogP contribution in [0.15, 0.2) is 49.6 Å². The van der Waals surface area contributed by atoms with Gasteiger partial charge in [0.1, 0.15) is 0 Å². The Morgan fingerprint density at radius 3 is 1.44 bits per heavy atom. The van der Waals surface area contributed by atoms with Gasteiger partial charge in [0, 0.05) is 6.42 Å². The first-order chi connectivity index (χ1) is 13.1. The van der Waals surface area contributed by atoms with Gasteiger partial charge in [-0.1, -0.05) is 0 Å². The fraction of sp³-hybridized carbons (Fsp3) is 0.368. The van der Waals surface area contributed by atoms with E-state index in [-0.39, 0.29) is 0 Å². The third-order valence-electron chi connectivity index (χ3n) is 4.29. The largest absolute Gasteiger partial charge is 0.354 e. The molecule has 0 aromatic carbocycles. The molecule has 0 bridgehead atoms. The van der Waals surface area contributed by atoms with E-state index >= 15 is 0 Å². The highest BCUT2D eigenvalue weighted by Crippen LogP contribution is 1.88. The van der Waals surface area contributed by atoms with Crippen molar-refractivity contribution in [3.05, 3.63) is 74.9 Å². The maximum absolute atomic E-state index is 3.35. The molecule has 0 saturated carbocycles. The Kier molecular flexibility index (Phi) is 4.86. The molecule has 4 aromatic rings. The van der Waals surface area contributed by atoms with Crippen molar-refractivity contribution >= 4 is 0 Å². The van der Waals surface area contributed by atoms with E-state index in [2.05, 4.69) is 46.8 Å². The summed E-state index contributed by atoms with van der Waals surface area (Å²) < 4.78 is 16.1. The number of nitrogens with zero attached hydrogens (tertiary/aromatic N) is 8. The first-order valence-corrected chi connectivity index (χ1v) is 8.98. The molecule has 0 amide bonds. The van der Waals surface area contributed by atoms with E-state index in [4.69, 9.17) is 0 Å². The molecular weight excluding hydrogens is 340 g/mol. The summed E-state index contributed by atoms with van der Waals surface area (Å²) in [6.07, 6.45) is 30.2. The van der Waals surface area contributed by atoms with Crippen molar-refractivity contribution in [3.63, 3.8) is 0 Å². The molecule has 140 valence electrons. The predicted octanol–water partition coefficient (Wildman–Crippen LogP) is -1.58. The maximum Gasteiger partial charge on any atom is 0.207 e. The van der Waals surface area contributed by atoms with Gasteiger partial charge in [0.15, 0.2) is 13.3 Å². The minimum atomic E-state index is 0.716. The second-order valence-corrected chi connectivity index (χ2v) is 6.72. The minimum Gasteiger partial charge on any atom is -0.354 e. The fourth-order valence-corrected chi connectivity index (χ4v) is 2.99. The number of aromatic nitrogens is 8. The molecule has 0 radical (unpaired) electrons. The second kappa shape index (κ2) is 7.61. The first kappa shape index (κ1) is 17.3. The Hall–Kier alpha value is -3.16. The topological polar surface area (TPSA) is 35.2 Å². The summed E-state index contributed by atoms with van der Waals surface area (Å²) in [4.78, 5) is 0. The molecule has 0 saturated heterocycles. The van der Waals surface area contributed by atoms with Gasteiger partial charge in [0.05, 0.1) is 27.2 Å². The normalized spacial score (nSPS) is 11.3. The molecule has 0 aliphatic carbocycles. The molecule has 8 heteroatoms. The van der Waals surface area contributed by atoms with Crippen LogP contribution in [0.2, 0.25) is 0 Å². The Labute approximate surface area is 159 Å². The Balaban J connectivity index is 1.25. The van der Waals surface area contributed by atoms with E-state index in [0.29, 0.717) is 13.3 Å². The van der Waals surface area contributed by atoms with Crippen molar-refractivity contribution < 1.29 is 18.3 Å². The summed E-state index contributed by atoms with van der Waals surface area (Å²) in [7, 11) is 3.93. The van der Waals surface area contributed by atoms with E-state index in [0.717, 1.165) is 19.5 Å². The van der Waals surface area contributed by atoms with Crippen molar-refractivity contribution in [2.45, 2.75) is 32.8 Å². The monoisotopic (exact) mass is 364 g/mol. The molecule has 4 aromatic heterocycles. The zero-order valence-electron chi connectivity index (χ0n) is 15.7. The van der Waals surface area contributed by atoms with Gasteiger partial charge in [0.25, 0.3) is 0 Å². The van der Waals surface area contributed by atoms with Gasteiger partial charge in [-0.2, -0.15) is 0 Å². The molecule has 0 N–H and O–H groups in total. The van der Waals surface area contributed by atoms with Crippen LogP contribution in [-0.2, 0) is 40.5 Å². The number of rotatable bonds is 8. The quantitative estimate of drug-likeness (QED) is 0.267. The molecule has 0 aliphatic rings. The standard InChI is InChI=1S/C19H24N8/c1-20-6-8-24(14-20)18-26-12-10-22(16-26)4-3-5-23-11-13-27(17-23)19-25-9-7-21(2)15-25/h6-13H,3-5,18-19H2,1-2H3. The van der Waals surface area contributed by atoms with Gasteiger partial charge >= 0.3 is 0 Å². The van der Waals surface area contributed by atoms with E-state index in [1.54, 1.807) is 0 Å². The smallest absolute Gasteiger partial charge is 0.207 e. The number of hydrogen-bond acceptors (Lipinski definition) is 0. The van der Waals surface area contributed by atoms with Gasteiger partial charge in [-0.15, -0.1) is 0 Å². The highest BCUT2D eigenvalue weighted by atomic mass is 15.2. The molecule has 0 aliphatic heterocycles. The van der Waals surface area contributed by atoms with Crippen LogP contribution in [0.4, 0.5) is 0 Å². The van der Waals surface area contributed by atoms with Crippen molar-refractivity contribution in [1.82, 2.24) is 18.3 Å². The van der Waals surface area contributed by atoms with Crippen LogP contribution in [0.3, 0.4) is 0 Å². The van der Waals surface area contributed by atoms with Crippen molar-refractivity contribution in [2.75, 3.05) is 0 Å². The zero-order chi connectivity index (χ0) is 18.6. The fourth-order valence-electron chi connectivity index (χ4n) is 2.99. The molecule has 4 rings (SSSR count). The van der Waals surface area contributed by atoms with Crippen molar-refractivity contribution in [2.24, 2.45) is 14.1 Å². The SMILES string of the molecule is Cn1[c-][n+](Cn2[c-][n+](CCC[n+]3[c-]n(C[n+]4[c-]n(C)cc4)cc3)cc2)cc1. The molecule has 0 spiro atoms. The van der Waals surface area contributed by atoms with Crippen LogP contribution in [0, 0.1) is 25.3 Å². The summed E-state index contributed by atoms with van der Waals surface area (Å²) in [5, 5.41) is 0. The third-order valence-corrected chi connectivity index (χ3v) is 4.29. The molecule has 8 nitrogen and oxygen atoms in total. The van der Waals surface area contributed by atoms with Gasteiger partial charge in [0.2, 0.25) is 25.3 Å². The molecule has 4 heterocycles. The van der Waals surface area contributed by atoms with E-state index in [9.17, 15) is 0 Å². The molecule has 0 fully saturated rings. The van der Waals surface area contributed by atoms with Gasteiger partial charge in [-0.25, -0.2) is 0 Å². The van der Waals surface area contributed by atoms with Crippen LogP contribution in [0.25, 0.3) is 0 Å². The average molecular weight is 364 g/mol. The predicted molar refractivity (Wildman–Crippen MR) is 91.2 cm³/mol. The number of hydrogen-bond donors (Lipinski definition) is 0. The highest BCUT2D eigenvalue weighted by Gasteiger charge is 2.02. The summed E-state index contributed by atoms with van der Waals surface area (Å²) in [5.74, 6) is 0. The van der Waals surface area contributed by atoms with Gasteiger partial charge < -0.3 is 36.5 Å². The van der Waals surface area contributed by atoms with Crippen LogP contribution in [0.1, 0.15) is 6.42 Å². The average Bonchev–Trinajstić information content (AvgIpc) is 3.41. The van der Waals surface area contributed by atoms with Gasteiger partial charge in [-0.05, 0) is 49.6 Å². The second-order valence-electron chi connectivity index (χ2n) is 6.72. The van der Waals surface area contributed by atoms with Gasteiger partial charge in [-0.3, -0.25) is 0 Å². The summed E-state index contributed by atoms with van der Waals surface area (Å²) in [6.45, 7) is 3.27. The molecule has 0 atom stereocenters.